The first-order valence-corrected chi connectivity index (χ1v) is 5.83. The van der Waals surface area contributed by atoms with Gasteiger partial charge in [-0.3, -0.25) is 9.69 Å². The van der Waals surface area contributed by atoms with E-state index in [2.05, 4.69) is 6.08 Å². The van der Waals surface area contributed by atoms with Crippen molar-refractivity contribution >= 4 is 5.91 Å². The second kappa shape index (κ2) is 6.01. The van der Waals surface area contributed by atoms with E-state index in [1.165, 1.54) is 0 Å². The van der Waals surface area contributed by atoms with Crippen molar-refractivity contribution in [3.05, 3.63) is 11.8 Å². The lowest BCUT2D eigenvalue weighted by Crippen LogP contribution is -2.38. The molecule has 1 rings (SSSR count). The monoisotopic (exact) mass is 226 g/mol. The molecule has 1 amide bonds. The molecule has 0 radical (unpaired) electrons. The van der Waals surface area contributed by atoms with Crippen molar-refractivity contribution in [3.63, 3.8) is 0 Å². The molecule has 4 heteroatoms. The molecule has 92 valence electrons. The van der Waals surface area contributed by atoms with Crippen molar-refractivity contribution in [2.75, 3.05) is 27.2 Å². The molecule has 4 nitrogen and oxygen atoms in total. The molecule has 0 aromatic rings. The van der Waals surface area contributed by atoms with Crippen LogP contribution >= 0.6 is 0 Å². The third-order valence-electron chi connectivity index (χ3n) is 2.80. The molecule has 0 aliphatic heterocycles. The number of nitrogens with zero attached hydrogens (tertiary/aromatic N) is 2. The first-order chi connectivity index (χ1) is 7.50. The Balaban J connectivity index is 2.39. The number of likely N-dealkylation sites (N-methyl/N-ethyl adjacent to an activating group) is 2. The molecule has 1 atom stereocenters. The first kappa shape index (κ1) is 13.2. The summed E-state index contributed by atoms with van der Waals surface area (Å²) in [5, 5.41) is 9.21. The van der Waals surface area contributed by atoms with E-state index >= 15 is 0 Å². The molecule has 0 aromatic carbocycles. The van der Waals surface area contributed by atoms with E-state index in [1.807, 2.05) is 19.0 Å². The van der Waals surface area contributed by atoms with E-state index in [4.69, 9.17) is 0 Å². The van der Waals surface area contributed by atoms with E-state index < -0.39 is 6.10 Å². The van der Waals surface area contributed by atoms with Crippen LogP contribution in [0.1, 0.15) is 26.2 Å². The molecule has 1 aliphatic rings. The zero-order valence-electron chi connectivity index (χ0n) is 10.4. The lowest BCUT2D eigenvalue weighted by molar-refractivity contribution is -0.129. The number of amides is 1. The highest BCUT2D eigenvalue weighted by atomic mass is 16.3. The van der Waals surface area contributed by atoms with E-state index in [1.54, 1.807) is 11.8 Å². The van der Waals surface area contributed by atoms with Crippen LogP contribution in [0.25, 0.3) is 0 Å². The highest BCUT2D eigenvalue weighted by Crippen LogP contribution is 2.20. The lowest BCUT2D eigenvalue weighted by Gasteiger charge is -2.23. The van der Waals surface area contributed by atoms with Gasteiger partial charge in [0.2, 0.25) is 5.91 Å². The second-order valence-corrected chi connectivity index (χ2v) is 4.59. The lowest BCUT2D eigenvalue weighted by atomic mass is 10.3. The molecular weight excluding hydrogens is 204 g/mol. The van der Waals surface area contributed by atoms with Gasteiger partial charge in [-0.15, -0.1) is 0 Å². The highest BCUT2D eigenvalue weighted by Gasteiger charge is 2.17. The van der Waals surface area contributed by atoms with Crippen LogP contribution in [0.15, 0.2) is 11.8 Å². The predicted molar refractivity (Wildman–Crippen MR) is 63.9 cm³/mol. The molecule has 0 bridgehead atoms. The summed E-state index contributed by atoms with van der Waals surface area (Å²) in [5.41, 5.74) is 1.13. The molecule has 1 unspecified atom stereocenters. The molecule has 1 N–H and O–H groups in total. The van der Waals surface area contributed by atoms with E-state index in [0.29, 0.717) is 13.1 Å². The molecule has 0 saturated carbocycles. The summed E-state index contributed by atoms with van der Waals surface area (Å²) < 4.78 is 0. The van der Waals surface area contributed by atoms with Crippen molar-refractivity contribution < 1.29 is 9.90 Å². The van der Waals surface area contributed by atoms with Gasteiger partial charge in [0.05, 0.1) is 12.6 Å². The Morgan fingerprint density at radius 3 is 2.75 bits per heavy atom. The summed E-state index contributed by atoms with van der Waals surface area (Å²) in [7, 11) is 3.68. The molecule has 0 heterocycles. The van der Waals surface area contributed by atoms with Gasteiger partial charge in [0.15, 0.2) is 0 Å². The summed E-state index contributed by atoms with van der Waals surface area (Å²) in [6.07, 6.45) is 4.97. The molecule has 16 heavy (non-hydrogen) atoms. The Bertz CT molecular complexity index is 274. The van der Waals surface area contributed by atoms with Crippen LogP contribution in [0.2, 0.25) is 0 Å². The average molecular weight is 226 g/mol. The SMILES string of the molecule is CC(O)CN(C)CC(=O)N(C)C1=CCCC1. The zero-order valence-corrected chi connectivity index (χ0v) is 10.4. The molecule has 0 spiro atoms. The summed E-state index contributed by atoms with van der Waals surface area (Å²) in [5.74, 6) is 0.0938. The van der Waals surface area contributed by atoms with Crippen LogP contribution in [0.5, 0.6) is 0 Å². The van der Waals surface area contributed by atoms with Gasteiger partial charge < -0.3 is 10.0 Å². The maximum Gasteiger partial charge on any atom is 0.240 e. The topological polar surface area (TPSA) is 43.8 Å². The van der Waals surface area contributed by atoms with E-state index in [9.17, 15) is 9.90 Å². The Kier molecular flexibility index (Phi) is 4.96. The number of hydrogen-bond acceptors (Lipinski definition) is 3. The van der Waals surface area contributed by atoms with Crippen molar-refractivity contribution in [1.29, 1.82) is 0 Å². The highest BCUT2D eigenvalue weighted by molar-refractivity contribution is 5.79. The van der Waals surface area contributed by atoms with Gasteiger partial charge >= 0.3 is 0 Å². The Morgan fingerprint density at radius 2 is 2.25 bits per heavy atom. The normalized spacial score (nSPS) is 17.4. The van der Waals surface area contributed by atoms with Gasteiger partial charge in [-0.2, -0.15) is 0 Å². The molecule has 0 saturated heterocycles. The van der Waals surface area contributed by atoms with Gasteiger partial charge in [0, 0.05) is 19.3 Å². The Morgan fingerprint density at radius 1 is 1.56 bits per heavy atom. The van der Waals surface area contributed by atoms with Gasteiger partial charge in [0.1, 0.15) is 0 Å². The van der Waals surface area contributed by atoms with Gasteiger partial charge in [-0.25, -0.2) is 0 Å². The number of aliphatic hydroxyl groups is 1. The van der Waals surface area contributed by atoms with Crippen molar-refractivity contribution in [1.82, 2.24) is 9.80 Å². The standard InChI is InChI=1S/C12H22N2O2/c1-10(15)8-13(2)9-12(16)14(3)11-6-4-5-7-11/h6,10,15H,4-5,7-9H2,1-3H3. The summed E-state index contributed by atoms with van der Waals surface area (Å²) in [6, 6.07) is 0. The minimum Gasteiger partial charge on any atom is -0.392 e. The zero-order chi connectivity index (χ0) is 12.1. The average Bonchev–Trinajstić information content (AvgIpc) is 2.67. The number of allylic oxidation sites excluding steroid dienone is 2. The third kappa shape index (κ3) is 3.94. The largest absolute Gasteiger partial charge is 0.392 e. The van der Waals surface area contributed by atoms with Crippen LogP contribution in [0, 0.1) is 0 Å². The second-order valence-electron chi connectivity index (χ2n) is 4.59. The maximum absolute atomic E-state index is 11.9. The molecule has 0 aromatic heterocycles. The summed E-state index contributed by atoms with van der Waals surface area (Å²) in [6.45, 7) is 2.61. The minimum absolute atomic E-state index is 0.0938. The predicted octanol–water partition coefficient (Wildman–Crippen LogP) is 0.825. The van der Waals surface area contributed by atoms with Crippen LogP contribution in [-0.4, -0.2) is 54.1 Å². The van der Waals surface area contributed by atoms with E-state index in [0.717, 1.165) is 25.0 Å². The minimum atomic E-state index is -0.395. The van der Waals surface area contributed by atoms with Gasteiger partial charge in [-0.1, -0.05) is 6.08 Å². The quantitative estimate of drug-likeness (QED) is 0.755. The Hall–Kier alpha value is -0.870. The summed E-state index contributed by atoms with van der Waals surface area (Å²) >= 11 is 0. The van der Waals surface area contributed by atoms with Crippen LogP contribution in [0.4, 0.5) is 0 Å². The Labute approximate surface area is 97.5 Å². The fourth-order valence-electron chi connectivity index (χ4n) is 1.97. The number of carbonyl (C=O) groups is 1. The maximum atomic E-state index is 11.9. The number of hydrogen-bond donors (Lipinski definition) is 1. The third-order valence-corrected chi connectivity index (χ3v) is 2.80. The van der Waals surface area contributed by atoms with Crippen molar-refractivity contribution in [2.45, 2.75) is 32.3 Å². The van der Waals surface area contributed by atoms with Crippen LogP contribution in [-0.2, 0) is 4.79 Å². The van der Waals surface area contributed by atoms with Crippen molar-refractivity contribution in [2.24, 2.45) is 0 Å². The van der Waals surface area contributed by atoms with E-state index in [-0.39, 0.29) is 5.91 Å². The van der Waals surface area contributed by atoms with Gasteiger partial charge in [-0.05, 0) is 33.2 Å². The number of aliphatic hydroxyl groups excluding tert-OH is 1. The fourth-order valence-corrected chi connectivity index (χ4v) is 1.97. The van der Waals surface area contributed by atoms with Crippen molar-refractivity contribution in [3.8, 4) is 0 Å². The van der Waals surface area contributed by atoms with Crippen LogP contribution < -0.4 is 0 Å². The number of rotatable bonds is 5. The summed E-state index contributed by atoms with van der Waals surface area (Å²) in [4.78, 5) is 15.5. The van der Waals surface area contributed by atoms with Crippen LogP contribution in [0.3, 0.4) is 0 Å². The fraction of sp³-hybridized carbons (Fsp3) is 0.750. The smallest absolute Gasteiger partial charge is 0.240 e. The molecule has 1 aliphatic carbocycles. The first-order valence-electron chi connectivity index (χ1n) is 5.83. The number of carbonyl (C=O) groups excluding carboxylic acids is 1. The molecule has 0 fully saturated rings. The molecular formula is C12H22N2O2. The van der Waals surface area contributed by atoms with Gasteiger partial charge in [0.25, 0.3) is 0 Å².